The van der Waals surface area contributed by atoms with E-state index in [9.17, 15) is 14.7 Å². The molecule has 7 nitrogen and oxygen atoms in total. The fraction of sp³-hybridized carbons (Fsp3) is 0.529. The topological polar surface area (TPSA) is 101 Å². The number of hydrogen-bond donors (Lipinski definition) is 3. The van der Waals surface area contributed by atoms with Gasteiger partial charge in [0, 0.05) is 66.4 Å². The van der Waals surface area contributed by atoms with E-state index in [2.05, 4.69) is 24.1 Å². The lowest BCUT2D eigenvalue weighted by atomic mass is 9.87. The number of aliphatic hydroxyl groups excluding tert-OH is 1. The summed E-state index contributed by atoms with van der Waals surface area (Å²) in [6.07, 6.45) is 6.48. The van der Waals surface area contributed by atoms with E-state index in [-0.39, 0.29) is 35.7 Å². The van der Waals surface area contributed by atoms with Crippen LogP contribution in [0.1, 0.15) is 87.3 Å². The Labute approximate surface area is 247 Å². The summed E-state index contributed by atoms with van der Waals surface area (Å²) in [5, 5.41) is 14.3. The summed E-state index contributed by atoms with van der Waals surface area (Å²) >= 11 is 0. The molecule has 2 fully saturated rings. The minimum Gasteiger partial charge on any atom is -0.396 e. The van der Waals surface area contributed by atoms with Crippen molar-refractivity contribution in [2.45, 2.75) is 90.9 Å². The number of nitrogens with zero attached hydrogens (tertiary/aromatic N) is 2. The number of aromatic nitrogens is 1. The fourth-order valence-corrected chi connectivity index (χ4v) is 6.11. The number of nitrogens with one attached hydrogen (secondary N) is 1. The van der Waals surface area contributed by atoms with Crippen LogP contribution < -0.4 is 16.6 Å². The first kappa shape index (κ1) is 30.4. The molecule has 4 N–H and O–H groups in total. The number of aliphatic hydroxyl groups is 1. The van der Waals surface area contributed by atoms with Gasteiger partial charge in [0.15, 0.2) is 0 Å². The van der Waals surface area contributed by atoms with Gasteiger partial charge in [-0.25, -0.2) is 4.39 Å². The summed E-state index contributed by atoms with van der Waals surface area (Å²) < 4.78 is 16.9. The average Bonchev–Trinajstić information content (AvgIpc) is 3.77. The van der Waals surface area contributed by atoms with Crippen LogP contribution in [-0.2, 0) is 6.54 Å². The normalized spacial score (nSPS) is 18.3. The van der Waals surface area contributed by atoms with E-state index < -0.39 is 11.2 Å². The monoisotopic (exact) mass is 576 g/mol. The zero-order chi connectivity index (χ0) is 30.4. The molecule has 2 aliphatic rings. The van der Waals surface area contributed by atoms with Gasteiger partial charge in [0.1, 0.15) is 5.82 Å². The van der Waals surface area contributed by atoms with Crippen molar-refractivity contribution in [1.82, 2.24) is 14.8 Å². The largest absolute Gasteiger partial charge is 0.396 e. The number of halogens is 1. The van der Waals surface area contributed by atoms with Gasteiger partial charge in [0.25, 0.3) is 11.5 Å². The minimum atomic E-state index is -0.473. The molecule has 5 rings (SSSR count). The molecule has 42 heavy (non-hydrogen) atoms. The molecular weight excluding hydrogens is 531 g/mol. The molecule has 1 aromatic heterocycles. The van der Waals surface area contributed by atoms with Crippen molar-refractivity contribution in [2.75, 3.05) is 19.7 Å². The van der Waals surface area contributed by atoms with E-state index in [0.29, 0.717) is 28.6 Å². The fourth-order valence-electron chi connectivity index (χ4n) is 6.11. The number of amides is 1. The van der Waals surface area contributed by atoms with Gasteiger partial charge in [-0.2, -0.15) is 0 Å². The minimum absolute atomic E-state index is 0.0420. The van der Waals surface area contributed by atoms with E-state index in [1.165, 1.54) is 6.07 Å². The van der Waals surface area contributed by atoms with Gasteiger partial charge in [0.05, 0.1) is 0 Å². The van der Waals surface area contributed by atoms with Gasteiger partial charge in [0.2, 0.25) is 0 Å². The van der Waals surface area contributed by atoms with E-state index in [1.54, 1.807) is 17.6 Å². The predicted octanol–water partition coefficient (Wildman–Crippen LogP) is 5.29. The zero-order valence-corrected chi connectivity index (χ0v) is 25.6. The van der Waals surface area contributed by atoms with Crippen LogP contribution in [-0.4, -0.2) is 51.8 Å². The molecule has 1 saturated carbocycles. The molecule has 0 radical (unpaired) electrons. The maximum absolute atomic E-state index is 15.2. The third kappa shape index (κ3) is 6.31. The van der Waals surface area contributed by atoms with E-state index >= 15 is 4.39 Å². The number of nitrogens with two attached hydrogens (primary N) is 1. The van der Waals surface area contributed by atoms with Crippen molar-refractivity contribution in [3.05, 3.63) is 69.4 Å². The van der Waals surface area contributed by atoms with Crippen LogP contribution in [0.15, 0.2) is 41.3 Å². The molecule has 0 bridgehead atoms. The quantitative estimate of drug-likeness (QED) is 0.321. The van der Waals surface area contributed by atoms with Crippen molar-refractivity contribution in [1.29, 1.82) is 0 Å². The van der Waals surface area contributed by atoms with Crippen molar-refractivity contribution >= 4 is 16.7 Å². The first-order valence-corrected chi connectivity index (χ1v) is 15.2. The van der Waals surface area contributed by atoms with Gasteiger partial charge in [-0.3, -0.25) is 14.5 Å². The Morgan fingerprint density at radius 2 is 1.88 bits per heavy atom. The lowest BCUT2D eigenvalue weighted by Gasteiger charge is -2.41. The van der Waals surface area contributed by atoms with E-state index in [4.69, 9.17) is 5.73 Å². The second-order valence-corrected chi connectivity index (χ2v) is 13.6. The second-order valence-electron chi connectivity index (χ2n) is 13.6. The second kappa shape index (κ2) is 11.5. The number of rotatable bonds is 9. The number of benzene rings is 2. The third-order valence-electron chi connectivity index (χ3n) is 9.10. The summed E-state index contributed by atoms with van der Waals surface area (Å²) in [5.41, 5.74) is 8.87. The summed E-state index contributed by atoms with van der Waals surface area (Å²) in [5.74, 6) is -0.698. The number of fused-ring (bicyclic) bond motifs is 1. The van der Waals surface area contributed by atoms with Crippen molar-refractivity contribution < 1.29 is 14.3 Å². The highest BCUT2D eigenvalue weighted by atomic mass is 19.1. The zero-order valence-electron chi connectivity index (χ0n) is 25.6. The molecule has 1 aliphatic heterocycles. The molecule has 3 aromatic rings. The molecule has 1 saturated heterocycles. The van der Waals surface area contributed by atoms with Crippen LogP contribution in [0, 0.1) is 18.2 Å². The van der Waals surface area contributed by atoms with Crippen molar-refractivity contribution in [3.8, 4) is 11.1 Å². The molecular formula is C34H45FN4O3. The van der Waals surface area contributed by atoms with E-state index in [1.807, 2.05) is 38.2 Å². The van der Waals surface area contributed by atoms with Crippen LogP contribution in [0.3, 0.4) is 0 Å². The lowest BCUT2D eigenvalue weighted by molar-refractivity contribution is 0.0950. The first-order chi connectivity index (χ1) is 19.8. The Balaban J connectivity index is 1.66. The maximum Gasteiger partial charge on any atom is 0.258 e. The number of carbonyl (C=O) groups excluding carboxylic acids is 1. The molecule has 1 amide bonds. The average molecular weight is 577 g/mol. The Kier molecular flexibility index (Phi) is 8.36. The molecule has 0 spiro atoms. The van der Waals surface area contributed by atoms with Gasteiger partial charge in [-0.1, -0.05) is 26.8 Å². The van der Waals surface area contributed by atoms with Crippen LogP contribution in [0.5, 0.6) is 0 Å². The first-order valence-electron chi connectivity index (χ1n) is 15.2. The van der Waals surface area contributed by atoms with Crippen molar-refractivity contribution in [2.24, 2.45) is 11.1 Å². The number of piperidine rings is 1. The molecule has 1 aliphatic carbocycles. The number of pyridine rings is 1. The number of likely N-dealkylation sites (tertiary alicyclic amines) is 1. The Bertz CT molecular complexity index is 1550. The Morgan fingerprint density at radius 1 is 1.19 bits per heavy atom. The third-order valence-corrected chi connectivity index (χ3v) is 9.10. The van der Waals surface area contributed by atoms with E-state index in [0.717, 1.165) is 61.7 Å². The van der Waals surface area contributed by atoms with Crippen LogP contribution in [0.2, 0.25) is 0 Å². The molecule has 1 atom stereocenters. The molecule has 8 heteroatoms. The van der Waals surface area contributed by atoms with Gasteiger partial charge in [-0.15, -0.1) is 0 Å². The smallest absolute Gasteiger partial charge is 0.258 e. The van der Waals surface area contributed by atoms with Gasteiger partial charge < -0.3 is 20.7 Å². The Morgan fingerprint density at radius 3 is 2.50 bits per heavy atom. The van der Waals surface area contributed by atoms with Crippen LogP contribution in [0.25, 0.3) is 21.9 Å². The van der Waals surface area contributed by atoms with Gasteiger partial charge >= 0.3 is 0 Å². The van der Waals surface area contributed by atoms with Crippen molar-refractivity contribution in [3.63, 3.8) is 0 Å². The van der Waals surface area contributed by atoms with Crippen LogP contribution in [0.4, 0.5) is 4.39 Å². The highest BCUT2D eigenvalue weighted by Crippen LogP contribution is 2.36. The summed E-state index contributed by atoms with van der Waals surface area (Å²) in [4.78, 5) is 29.1. The summed E-state index contributed by atoms with van der Waals surface area (Å²) in [7, 11) is 0. The summed E-state index contributed by atoms with van der Waals surface area (Å²) in [6.45, 7) is 11.9. The maximum atomic E-state index is 15.2. The number of hydrogen-bond acceptors (Lipinski definition) is 5. The van der Waals surface area contributed by atoms with Gasteiger partial charge in [-0.05, 0) is 97.9 Å². The number of carbonyl (C=O) groups is 1. The Hall–Kier alpha value is -3.07. The lowest BCUT2D eigenvalue weighted by Crippen LogP contribution is -2.49. The molecule has 2 aromatic carbocycles. The van der Waals surface area contributed by atoms with Crippen LogP contribution >= 0.6 is 0 Å². The molecule has 226 valence electrons. The standard InChI is InChI=1S/C34H45FN4O3/c1-6-30(38-13-11-34(5,36)12-14-38)28-18-39(19-33(3,4)20-40)32(42)25-10-7-22(15-27(25)28)26-16-23(17-29(35)21(26)2)31(41)37-24-8-9-24/h7,10,15-18,24,30,40H,6,8-9,11-14,19-20,36H2,1-5H3,(H,37,41). The summed E-state index contributed by atoms with van der Waals surface area (Å²) in [6, 6.07) is 8.94. The molecule has 1 unspecified atom stereocenters. The highest BCUT2D eigenvalue weighted by molar-refractivity contribution is 5.97. The highest BCUT2D eigenvalue weighted by Gasteiger charge is 2.32. The SMILES string of the molecule is CCC(c1cn(CC(C)(C)CO)c(=O)c2ccc(-c3cc(C(=O)NC4CC4)cc(F)c3C)cc12)N1CCC(C)(N)CC1. The molecule has 2 heterocycles. The predicted molar refractivity (Wildman–Crippen MR) is 166 cm³/mol.